The van der Waals surface area contributed by atoms with Gasteiger partial charge in [0.25, 0.3) is 0 Å². The van der Waals surface area contributed by atoms with Gasteiger partial charge in [0, 0.05) is 46.3 Å². The van der Waals surface area contributed by atoms with Crippen molar-refractivity contribution < 1.29 is 4.74 Å². The van der Waals surface area contributed by atoms with Crippen LogP contribution in [-0.2, 0) is 5.41 Å². The van der Waals surface area contributed by atoms with E-state index in [1.807, 2.05) is 36.8 Å². The summed E-state index contributed by atoms with van der Waals surface area (Å²) in [5.74, 6) is 1.53. The quantitative estimate of drug-likeness (QED) is 0.130. The fourth-order valence-corrected chi connectivity index (χ4v) is 9.76. The van der Waals surface area contributed by atoms with E-state index in [1.165, 1.54) is 5.56 Å². The lowest BCUT2D eigenvalue weighted by Gasteiger charge is -2.31. The number of benzene rings is 6. The molecule has 0 aliphatic carbocycles. The molecule has 11 rings (SSSR count). The molecule has 5 aromatic heterocycles. The highest BCUT2D eigenvalue weighted by Gasteiger charge is 2.28. The minimum Gasteiger partial charge on any atom is -0.457 e. The maximum atomic E-state index is 6.93. The highest BCUT2D eigenvalue weighted by molar-refractivity contribution is 6.08. The Hall–Kier alpha value is -7.83. The number of hydrogen-bond donors (Lipinski definition) is 0. The Kier molecular flexibility index (Phi) is 9.84. The lowest BCUT2D eigenvalue weighted by atomic mass is 9.74. The summed E-state index contributed by atoms with van der Waals surface area (Å²) in [5, 5.41) is 2.28. The van der Waals surface area contributed by atoms with Crippen molar-refractivity contribution in [3.63, 3.8) is 0 Å². The van der Waals surface area contributed by atoms with Crippen molar-refractivity contribution in [2.75, 3.05) is 0 Å². The zero-order chi connectivity index (χ0) is 43.2. The van der Waals surface area contributed by atoms with Crippen LogP contribution in [0.3, 0.4) is 0 Å². The van der Waals surface area contributed by atoms with Gasteiger partial charge in [0.2, 0.25) is 0 Å². The third-order valence-corrected chi connectivity index (χ3v) is 13.1. The average Bonchev–Trinajstić information content (AvgIpc) is 3.87. The molecule has 0 bridgehead atoms. The molecule has 5 heterocycles. The minimum absolute atomic E-state index is 0.0109. The first-order valence-corrected chi connectivity index (χ1v) is 22.3. The van der Waals surface area contributed by atoms with Gasteiger partial charge in [0.05, 0.1) is 38.8 Å². The largest absolute Gasteiger partial charge is 0.457 e. The van der Waals surface area contributed by atoms with E-state index in [0.717, 1.165) is 120 Å². The van der Waals surface area contributed by atoms with Crippen molar-refractivity contribution in [1.29, 1.82) is 0 Å². The summed E-state index contributed by atoms with van der Waals surface area (Å²) in [4.78, 5) is 14.3. The monoisotopic (exact) mass is 829 g/mol. The number of pyridine rings is 3. The molecule has 6 aromatic carbocycles. The van der Waals surface area contributed by atoms with E-state index < -0.39 is 0 Å². The van der Waals surface area contributed by atoms with Gasteiger partial charge in [0.1, 0.15) is 11.5 Å². The second-order valence-corrected chi connectivity index (χ2v) is 17.0. The molecule has 0 saturated carbocycles. The standard InChI is InChI=1S/C58H47N5O/c1-4-31-58(3,5-2)50-30-29-45(38-49(50)51-16-10-11-32-59-51)64-46-36-41(39-21-25-43(26-22-39)62-52-17-8-6-14-47(52)56-54(62)19-12-33-60-56)35-42(37-46)40-23-27-44(28-24-40)63-53-18-9-7-15-48(53)57-55(63)20-13-34-61-57/h6-30,32-38H,4-5,31H2,1-3H3. The SMILES string of the molecule is CCCC(C)(CC)c1ccc(Oc2cc(-c3ccc(-n4c5ccccc5c5ncccc54)cc3)cc(-c3ccc(-n4c5ccccc5c5ncccc54)cc3)c2)cc1-c1ccccn1. The molecule has 1 unspecified atom stereocenters. The van der Waals surface area contributed by atoms with Crippen LogP contribution in [0.25, 0.3) is 88.8 Å². The van der Waals surface area contributed by atoms with Gasteiger partial charge in [-0.3, -0.25) is 15.0 Å². The van der Waals surface area contributed by atoms with Gasteiger partial charge in [-0.2, -0.15) is 0 Å². The second-order valence-electron chi connectivity index (χ2n) is 17.0. The molecular formula is C58H47N5O. The molecule has 0 aliphatic rings. The van der Waals surface area contributed by atoms with Gasteiger partial charge in [-0.1, -0.05) is 100.0 Å². The Labute approximate surface area is 373 Å². The van der Waals surface area contributed by atoms with Crippen LogP contribution in [0.5, 0.6) is 11.5 Å². The maximum absolute atomic E-state index is 6.93. The summed E-state index contributed by atoms with van der Waals surface area (Å²) in [6.07, 6.45) is 8.84. The molecule has 1 atom stereocenters. The molecule has 0 radical (unpaired) electrons. The highest BCUT2D eigenvalue weighted by Crippen LogP contribution is 2.42. The molecule has 0 aliphatic heterocycles. The molecule has 6 nitrogen and oxygen atoms in total. The van der Waals surface area contributed by atoms with Gasteiger partial charge in [0.15, 0.2) is 0 Å². The highest BCUT2D eigenvalue weighted by atomic mass is 16.5. The lowest BCUT2D eigenvalue weighted by molar-refractivity contribution is 0.413. The Balaban J connectivity index is 1.02. The molecule has 0 spiro atoms. The van der Waals surface area contributed by atoms with Crippen LogP contribution in [-0.4, -0.2) is 24.1 Å². The summed E-state index contributed by atoms with van der Waals surface area (Å²) in [6.45, 7) is 6.93. The normalized spacial score (nSPS) is 12.6. The number of para-hydroxylation sites is 2. The first-order chi connectivity index (χ1) is 31.5. The first kappa shape index (κ1) is 39.0. The number of nitrogens with zero attached hydrogens (tertiary/aromatic N) is 5. The smallest absolute Gasteiger partial charge is 0.128 e. The van der Waals surface area contributed by atoms with Crippen LogP contribution in [0.4, 0.5) is 0 Å². The topological polar surface area (TPSA) is 57.8 Å². The Morgan fingerprint density at radius 1 is 0.469 bits per heavy atom. The van der Waals surface area contributed by atoms with Crippen LogP contribution < -0.4 is 4.74 Å². The van der Waals surface area contributed by atoms with Crippen LogP contribution in [0.1, 0.15) is 45.6 Å². The molecule has 6 heteroatoms. The van der Waals surface area contributed by atoms with Crippen molar-refractivity contribution in [3.8, 4) is 56.4 Å². The first-order valence-electron chi connectivity index (χ1n) is 22.3. The molecule has 11 aromatic rings. The van der Waals surface area contributed by atoms with E-state index >= 15 is 0 Å². The predicted molar refractivity (Wildman–Crippen MR) is 264 cm³/mol. The molecule has 310 valence electrons. The number of hydrogen-bond acceptors (Lipinski definition) is 4. The number of ether oxygens (including phenoxy) is 1. The molecule has 0 N–H and O–H groups in total. The molecule has 0 fully saturated rings. The van der Waals surface area contributed by atoms with Crippen molar-refractivity contribution >= 4 is 43.9 Å². The van der Waals surface area contributed by atoms with Crippen LogP contribution in [0.15, 0.2) is 195 Å². The van der Waals surface area contributed by atoms with E-state index in [4.69, 9.17) is 19.7 Å². The Bertz CT molecular complexity index is 3200. The van der Waals surface area contributed by atoms with Gasteiger partial charge in [-0.05, 0) is 149 Å². The molecular weight excluding hydrogens is 783 g/mol. The summed E-state index contributed by atoms with van der Waals surface area (Å²) in [5.41, 5.74) is 16.3. The number of aromatic nitrogens is 5. The van der Waals surface area contributed by atoms with Gasteiger partial charge >= 0.3 is 0 Å². The summed E-state index contributed by atoms with van der Waals surface area (Å²) in [6, 6.07) is 62.2. The van der Waals surface area contributed by atoms with Crippen molar-refractivity contribution in [3.05, 3.63) is 200 Å². The van der Waals surface area contributed by atoms with E-state index in [2.05, 4.69) is 188 Å². The average molecular weight is 830 g/mol. The van der Waals surface area contributed by atoms with Crippen molar-refractivity contribution in [2.45, 2.75) is 45.4 Å². The summed E-state index contributed by atoms with van der Waals surface area (Å²) < 4.78 is 11.5. The van der Waals surface area contributed by atoms with Crippen LogP contribution in [0, 0.1) is 0 Å². The minimum atomic E-state index is 0.0109. The third kappa shape index (κ3) is 6.79. The molecule has 0 amide bonds. The Morgan fingerprint density at radius 2 is 1.00 bits per heavy atom. The van der Waals surface area contributed by atoms with Gasteiger partial charge in [-0.25, -0.2) is 0 Å². The number of rotatable bonds is 11. The van der Waals surface area contributed by atoms with E-state index in [1.54, 1.807) is 0 Å². The fourth-order valence-electron chi connectivity index (χ4n) is 9.76. The van der Waals surface area contributed by atoms with E-state index in [0.29, 0.717) is 0 Å². The van der Waals surface area contributed by atoms with Gasteiger partial charge in [-0.15, -0.1) is 0 Å². The predicted octanol–water partition coefficient (Wildman–Crippen LogP) is 15.3. The zero-order valence-corrected chi connectivity index (χ0v) is 36.2. The fraction of sp³-hybridized carbons (Fsp3) is 0.121. The van der Waals surface area contributed by atoms with Crippen LogP contribution in [0.2, 0.25) is 0 Å². The molecule has 0 saturated heterocycles. The van der Waals surface area contributed by atoms with Crippen molar-refractivity contribution in [2.24, 2.45) is 0 Å². The zero-order valence-electron chi connectivity index (χ0n) is 36.2. The summed E-state index contributed by atoms with van der Waals surface area (Å²) in [7, 11) is 0. The number of fused-ring (bicyclic) bond motifs is 6. The third-order valence-electron chi connectivity index (χ3n) is 13.1. The second kappa shape index (κ2) is 16.1. The summed E-state index contributed by atoms with van der Waals surface area (Å²) >= 11 is 0. The maximum Gasteiger partial charge on any atom is 0.128 e. The van der Waals surface area contributed by atoms with Crippen molar-refractivity contribution in [1.82, 2.24) is 24.1 Å². The van der Waals surface area contributed by atoms with Crippen LogP contribution >= 0.6 is 0 Å². The van der Waals surface area contributed by atoms with E-state index in [9.17, 15) is 0 Å². The Morgan fingerprint density at radius 3 is 1.53 bits per heavy atom. The van der Waals surface area contributed by atoms with Gasteiger partial charge < -0.3 is 13.9 Å². The lowest BCUT2D eigenvalue weighted by Crippen LogP contribution is -2.21. The molecule has 64 heavy (non-hydrogen) atoms. The van der Waals surface area contributed by atoms with E-state index in [-0.39, 0.29) is 5.41 Å².